The van der Waals surface area contributed by atoms with Crippen LogP contribution in [0.1, 0.15) is 37.0 Å². The molecule has 0 N–H and O–H groups in total. The topological polar surface area (TPSA) is 43.9 Å². The molecule has 1 aromatic carbocycles. The van der Waals surface area contributed by atoms with E-state index in [2.05, 4.69) is 34.7 Å². The Labute approximate surface area is 170 Å². The highest BCUT2D eigenvalue weighted by Gasteiger charge is 2.31. The molecule has 148 valence electrons. The van der Waals surface area contributed by atoms with Gasteiger partial charge in [-0.3, -0.25) is 14.5 Å². The third-order valence-electron chi connectivity index (χ3n) is 5.53. The van der Waals surface area contributed by atoms with E-state index in [0.717, 1.165) is 50.0 Å². The lowest BCUT2D eigenvalue weighted by Crippen LogP contribution is -2.52. The van der Waals surface area contributed by atoms with E-state index in [-0.39, 0.29) is 17.7 Å². The number of nitrogens with zero attached hydrogens (tertiary/aromatic N) is 3. The predicted octanol–water partition coefficient (Wildman–Crippen LogP) is 3.10. The molecule has 0 aliphatic carbocycles. The molecule has 2 aliphatic heterocycles. The van der Waals surface area contributed by atoms with Gasteiger partial charge in [0.05, 0.1) is 0 Å². The Hall–Kier alpha value is -1.40. The molecule has 1 aromatic rings. The van der Waals surface area contributed by atoms with Crippen molar-refractivity contribution < 1.29 is 9.59 Å². The molecule has 0 unspecified atom stereocenters. The van der Waals surface area contributed by atoms with Gasteiger partial charge in [-0.1, -0.05) is 29.8 Å². The zero-order chi connectivity index (χ0) is 19.4. The first-order chi connectivity index (χ1) is 12.9. The third-order valence-corrected chi connectivity index (χ3v) is 6.06. The molecule has 2 amide bonds. The van der Waals surface area contributed by atoms with Crippen LogP contribution >= 0.6 is 15.9 Å². The molecule has 0 radical (unpaired) electrons. The molecule has 0 atom stereocenters. The van der Waals surface area contributed by atoms with Crippen LogP contribution in [0.15, 0.2) is 28.7 Å². The average molecular weight is 436 g/mol. The second kappa shape index (κ2) is 9.20. The smallest absolute Gasteiger partial charge is 0.253 e. The van der Waals surface area contributed by atoms with E-state index in [9.17, 15) is 9.59 Å². The zero-order valence-electron chi connectivity index (χ0n) is 16.4. The van der Waals surface area contributed by atoms with Gasteiger partial charge in [0.25, 0.3) is 5.91 Å². The summed E-state index contributed by atoms with van der Waals surface area (Å²) >= 11 is 3.40. The molecule has 2 fully saturated rings. The molecular weight excluding hydrogens is 406 g/mol. The summed E-state index contributed by atoms with van der Waals surface area (Å²) in [6.45, 7) is 10.5. The van der Waals surface area contributed by atoms with Crippen LogP contribution in [0, 0.1) is 11.8 Å². The standard InChI is InChI=1S/C21H30BrN3O2/c1-16(2)15-23-11-13-25(14-12-23)21(27)18-7-9-24(10-8-18)20(26)17-3-5-19(22)6-4-17/h3-6,16,18H,7-15H2,1-2H3. The first-order valence-electron chi connectivity index (χ1n) is 10.00. The SMILES string of the molecule is CC(C)CN1CCN(C(=O)C2CCN(C(=O)c3ccc(Br)cc3)CC2)CC1. The number of benzene rings is 1. The Balaban J connectivity index is 1.47. The fraction of sp³-hybridized carbons (Fsp3) is 0.619. The van der Waals surface area contributed by atoms with Gasteiger partial charge in [0.2, 0.25) is 5.91 Å². The highest BCUT2D eigenvalue weighted by molar-refractivity contribution is 9.10. The van der Waals surface area contributed by atoms with E-state index in [1.165, 1.54) is 0 Å². The van der Waals surface area contributed by atoms with Crippen LogP contribution in [-0.4, -0.2) is 72.3 Å². The van der Waals surface area contributed by atoms with Crippen molar-refractivity contribution in [1.29, 1.82) is 0 Å². The summed E-state index contributed by atoms with van der Waals surface area (Å²) < 4.78 is 0.969. The number of hydrogen-bond acceptors (Lipinski definition) is 3. The van der Waals surface area contributed by atoms with Crippen LogP contribution in [-0.2, 0) is 4.79 Å². The largest absolute Gasteiger partial charge is 0.340 e. The van der Waals surface area contributed by atoms with Gasteiger partial charge >= 0.3 is 0 Å². The Morgan fingerprint density at radius 2 is 1.56 bits per heavy atom. The summed E-state index contributed by atoms with van der Waals surface area (Å²) in [5.41, 5.74) is 0.712. The molecule has 0 bridgehead atoms. The molecular formula is C21H30BrN3O2. The number of piperidine rings is 1. The molecule has 0 spiro atoms. The van der Waals surface area contributed by atoms with Crippen molar-refractivity contribution in [3.8, 4) is 0 Å². The maximum atomic E-state index is 12.9. The van der Waals surface area contributed by atoms with E-state index in [4.69, 9.17) is 0 Å². The van der Waals surface area contributed by atoms with E-state index < -0.39 is 0 Å². The van der Waals surface area contributed by atoms with Crippen LogP contribution < -0.4 is 0 Å². The number of carbonyl (C=O) groups excluding carboxylic acids is 2. The Morgan fingerprint density at radius 3 is 2.11 bits per heavy atom. The lowest BCUT2D eigenvalue weighted by Gasteiger charge is -2.39. The summed E-state index contributed by atoms with van der Waals surface area (Å²) in [7, 11) is 0. The fourth-order valence-corrected chi connectivity index (χ4v) is 4.29. The van der Waals surface area contributed by atoms with Crippen molar-refractivity contribution in [3.05, 3.63) is 34.3 Å². The van der Waals surface area contributed by atoms with E-state index in [1.807, 2.05) is 34.1 Å². The molecule has 27 heavy (non-hydrogen) atoms. The summed E-state index contributed by atoms with van der Waals surface area (Å²) in [4.78, 5) is 31.9. The highest BCUT2D eigenvalue weighted by Crippen LogP contribution is 2.22. The van der Waals surface area contributed by atoms with Gasteiger partial charge in [-0.05, 0) is 43.0 Å². The minimum atomic E-state index is 0.0654. The summed E-state index contributed by atoms with van der Waals surface area (Å²) in [6, 6.07) is 7.48. The van der Waals surface area contributed by atoms with Crippen LogP contribution in [0.25, 0.3) is 0 Å². The lowest BCUT2D eigenvalue weighted by atomic mass is 9.94. The normalized spacial score (nSPS) is 19.6. The Morgan fingerprint density at radius 1 is 0.963 bits per heavy atom. The third kappa shape index (κ3) is 5.32. The van der Waals surface area contributed by atoms with Crippen molar-refractivity contribution in [2.24, 2.45) is 11.8 Å². The molecule has 5 nitrogen and oxygen atoms in total. The maximum absolute atomic E-state index is 12.9. The quantitative estimate of drug-likeness (QED) is 0.729. The van der Waals surface area contributed by atoms with E-state index in [1.54, 1.807) is 0 Å². The van der Waals surface area contributed by atoms with Crippen molar-refractivity contribution in [2.75, 3.05) is 45.8 Å². The number of hydrogen-bond donors (Lipinski definition) is 0. The molecule has 2 aliphatic rings. The summed E-state index contributed by atoms with van der Waals surface area (Å²) in [5.74, 6) is 1.08. The lowest BCUT2D eigenvalue weighted by molar-refractivity contribution is -0.138. The Bertz CT molecular complexity index is 646. The molecule has 0 saturated carbocycles. The number of likely N-dealkylation sites (tertiary alicyclic amines) is 1. The second-order valence-electron chi connectivity index (χ2n) is 8.09. The number of piperazine rings is 1. The van der Waals surface area contributed by atoms with E-state index >= 15 is 0 Å². The van der Waals surface area contributed by atoms with Crippen molar-refractivity contribution >= 4 is 27.7 Å². The molecule has 0 aromatic heterocycles. The molecule has 3 rings (SSSR count). The Kier molecular flexibility index (Phi) is 6.93. The van der Waals surface area contributed by atoms with Gasteiger partial charge in [-0.2, -0.15) is 0 Å². The van der Waals surface area contributed by atoms with Gasteiger partial charge in [0.1, 0.15) is 0 Å². The van der Waals surface area contributed by atoms with Gasteiger partial charge in [-0.25, -0.2) is 0 Å². The van der Waals surface area contributed by atoms with Gasteiger partial charge in [0.15, 0.2) is 0 Å². The first kappa shape index (κ1) is 20.3. The van der Waals surface area contributed by atoms with Crippen LogP contribution in [0.4, 0.5) is 0 Å². The molecule has 6 heteroatoms. The van der Waals surface area contributed by atoms with Crippen LogP contribution in [0.5, 0.6) is 0 Å². The van der Waals surface area contributed by atoms with Crippen molar-refractivity contribution in [2.45, 2.75) is 26.7 Å². The molecule has 2 saturated heterocycles. The number of rotatable bonds is 4. The number of amides is 2. The highest BCUT2D eigenvalue weighted by atomic mass is 79.9. The van der Waals surface area contributed by atoms with Gasteiger partial charge in [-0.15, -0.1) is 0 Å². The van der Waals surface area contributed by atoms with Gasteiger partial charge in [0, 0.05) is 61.8 Å². The summed E-state index contributed by atoms with van der Waals surface area (Å²) in [6.07, 6.45) is 1.54. The monoisotopic (exact) mass is 435 g/mol. The minimum Gasteiger partial charge on any atom is -0.340 e. The summed E-state index contributed by atoms with van der Waals surface area (Å²) in [5, 5.41) is 0. The number of carbonyl (C=O) groups is 2. The average Bonchev–Trinajstić information content (AvgIpc) is 2.68. The first-order valence-corrected chi connectivity index (χ1v) is 10.8. The number of halogens is 1. The fourth-order valence-electron chi connectivity index (χ4n) is 4.03. The maximum Gasteiger partial charge on any atom is 0.253 e. The minimum absolute atomic E-state index is 0.0654. The van der Waals surface area contributed by atoms with Crippen molar-refractivity contribution in [3.63, 3.8) is 0 Å². The van der Waals surface area contributed by atoms with Gasteiger partial charge < -0.3 is 9.80 Å². The second-order valence-corrected chi connectivity index (χ2v) is 9.01. The predicted molar refractivity (Wildman–Crippen MR) is 111 cm³/mol. The van der Waals surface area contributed by atoms with Crippen molar-refractivity contribution in [1.82, 2.24) is 14.7 Å². The van der Waals surface area contributed by atoms with E-state index in [0.29, 0.717) is 24.6 Å². The zero-order valence-corrected chi connectivity index (χ0v) is 18.0. The van der Waals surface area contributed by atoms with Crippen LogP contribution in [0.2, 0.25) is 0 Å². The molecule has 2 heterocycles. The van der Waals surface area contributed by atoms with Crippen LogP contribution in [0.3, 0.4) is 0 Å².